The highest BCUT2D eigenvalue weighted by atomic mass is 16.4. The quantitative estimate of drug-likeness (QED) is 0.121. The first-order chi connectivity index (χ1) is 14.0. The summed E-state index contributed by atoms with van der Waals surface area (Å²) in [6, 6.07) is -3.78. The van der Waals surface area contributed by atoms with Gasteiger partial charge in [-0.3, -0.25) is 19.2 Å². The van der Waals surface area contributed by atoms with Gasteiger partial charge in [0.1, 0.15) is 18.1 Å². The number of nitrogens with one attached hydrogen (secondary N) is 3. The molecule has 0 aliphatic rings. The molecule has 0 heterocycles. The van der Waals surface area contributed by atoms with Crippen LogP contribution in [-0.4, -0.2) is 82.3 Å². The molecule has 0 saturated heterocycles. The number of carboxylic acids is 2. The van der Waals surface area contributed by atoms with Crippen LogP contribution >= 0.6 is 0 Å². The van der Waals surface area contributed by atoms with Gasteiger partial charge in [0.25, 0.3) is 0 Å². The van der Waals surface area contributed by atoms with Crippen LogP contribution in [-0.2, 0) is 24.0 Å². The van der Waals surface area contributed by atoms with E-state index in [1.165, 1.54) is 6.92 Å². The number of aliphatic hydroxyl groups is 1. The third kappa shape index (κ3) is 11.3. The summed E-state index contributed by atoms with van der Waals surface area (Å²) in [4.78, 5) is 58.1. The van der Waals surface area contributed by atoms with Crippen molar-refractivity contribution in [3.8, 4) is 0 Å². The second-order valence-corrected chi connectivity index (χ2v) is 6.72. The molecule has 0 aromatic heterocycles. The van der Waals surface area contributed by atoms with Crippen LogP contribution in [0.15, 0.2) is 0 Å². The van der Waals surface area contributed by atoms with Crippen molar-refractivity contribution >= 4 is 29.7 Å². The van der Waals surface area contributed by atoms with Crippen molar-refractivity contribution in [2.45, 2.75) is 63.3 Å². The summed E-state index contributed by atoms with van der Waals surface area (Å²) in [6.45, 7) is 1.15. The van der Waals surface area contributed by atoms with Gasteiger partial charge in [-0.05, 0) is 39.2 Å². The third-order valence-corrected chi connectivity index (χ3v) is 4.11. The van der Waals surface area contributed by atoms with Crippen LogP contribution in [0.5, 0.6) is 0 Å². The Kier molecular flexibility index (Phi) is 12.9. The van der Waals surface area contributed by atoms with Crippen molar-refractivity contribution in [3.05, 3.63) is 0 Å². The van der Waals surface area contributed by atoms with E-state index in [0.29, 0.717) is 19.4 Å². The van der Waals surface area contributed by atoms with E-state index in [1.807, 2.05) is 0 Å². The summed E-state index contributed by atoms with van der Waals surface area (Å²) < 4.78 is 0. The maximum Gasteiger partial charge on any atom is 0.326 e. The van der Waals surface area contributed by atoms with Gasteiger partial charge in [0.05, 0.1) is 12.6 Å². The van der Waals surface area contributed by atoms with Gasteiger partial charge in [-0.1, -0.05) is 0 Å². The minimum Gasteiger partial charge on any atom is -0.481 e. The molecule has 172 valence electrons. The number of hydrogen-bond acceptors (Lipinski definition) is 8. The molecule has 10 N–H and O–H groups in total. The molecule has 0 spiro atoms. The van der Waals surface area contributed by atoms with Gasteiger partial charge in [0.2, 0.25) is 17.7 Å². The third-order valence-electron chi connectivity index (χ3n) is 4.11. The number of amides is 3. The summed E-state index contributed by atoms with van der Waals surface area (Å²) in [5.41, 5.74) is 10.9. The Hall–Kier alpha value is -2.77. The van der Waals surface area contributed by atoms with E-state index < -0.39 is 66.9 Å². The standard InChI is InChI=1S/C17H31N5O8/c1-9(23)14(19)16(28)20-8-12(24)21-10(4-2-3-7-18)15(27)22-11(17(29)30)5-6-13(25)26/h9-11,14,23H,2-8,18-19H2,1H3,(H,20,28)(H,21,24)(H,22,27)(H,25,26)(H,29,30). The molecule has 0 rings (SSSR count). The maximum absolute atomic E-state index is 12.5. The van der Waals surface area contributed by atoms with Crippen molar-refractivity contribution in [2.75, 3.05) is 13.1 Å². The lowest BCUT2D eigenvalue weighted by Crippen LogP contribution is -2.54. The largest absolute Gasteiger partial charge is 0.481 e. The molecule has 0 aliphatic carbocycles. The lowest BCUT2D eigenvalue weighted by Gasteiger charge is -2.22. The Balaban J connectivity index is 4.95. The second kappa shape index (κ2) is 14.3. The molecule has 4 atom stereocenters. The van der Waals surface area contributed by atoms with Crippen LogP contribution < -0.4 is 27.4 Å². The number of carboxylic acid groups (broad SMARTS) is 2. The Morgan fingerprint density at radius 3 is 2.07 bits per heavy atom. The molecule has 4 unspecified atom stereocenters. The fourth-order valence-corrected chi connectivity index (χ4v) is 2.31. The Labute approximate surface area is 173 Å². The van der Waals surface area contributed by atoms with Crippen LogP contribution in [0.2, 0.25) is 0 Å². The van der Waals surface area contributed by atoms with Crippen LogP contribution in [0.25, 0.3) is 0 Å². The average molecular weight is 433 g/mol. The molecule has 0 aromatic carbocycles. The smallest absolute Gasteiger partial charge is 0.326 e. The van der Waals surface area contributed by atoms with Crippen LogP contribution in [0.4, 0.5) is 0 Å². The van der Waals surface area contributed by atoms with E-state index in [1.54, 1.807) is 0 Å². The first kappa shape index (κ1) is 27.2. The SMILES string of the molecule is CC(O)C(N)C(=O)NCC(=O)NC(CCCCN)C(=O)NC(CCC(=O)O)C(=O)O. The van der Waals surface area contributed by atoms with E-state index in [4.69, 9.17) is 21.7 Å². The highest BCUT2D eigenvalue weighted by molar-refractivity contribution is 5.92. The van der Waals surface area contributed by atoms with Crippen molar-refractivity contribution in [1.29, 1.82) is 0 Å². The molecule has 30 heavy (non-hydrogen) atoms. The summed E-state index contributed by atoms with van der Waals surface area (Å²) in [5, 5.41) is 33.9. The van der Waals surface area contributed by atoms with E-state index in [2.05, 4.69) is 16.0 Å². The lowest BCUT2D eigenvalue weighted by molar-refractivity contribution is -0.143. The van der Waals surface area contributed by atoms with Gasteiger partial charge in [-0.15, -0.1) is 0 Å². The van der Waals surface area contributed by atoms with Crippen molar-refractivity contribution in [3.63, 3.8) is 0 Å². The first-order valence-corrected chi connectivity index (χ1v) is 9.45. The maximum atomic E-state index is 12.5. The molecule has 0 aromatic rings. The number of carbonyl (C=O) groups is 5. The highest BCUT2D eigenvalue weighted by Gasteiger charge is 2.27. The molecule has 13 heteroatoms. The van der Waals surface area contributed by atoms with Crippen molar-refractivity contribution in [2.24, 2.45) is 11.5 Å². The van der Waals surface area contributed by atoms with Gasteiger partial charge >= 0.3 is 11.9 Å². The zero-order valence-corrected chi connectivity index (χ0v) is 16.8. The summed E-state index contributed by atoms with van der Waals surface area (Å²) in [7, 11) is 0. The topological polar surface area (TPSA) is 234 Å². The molecule has 0 bridgehead atoms. The Bertz CT molecular complexity index is 613. The number of carbonyl (C=O) groups excluding carboxylic acids is 3. The average Bonchev–Trinajstić information content (AvgIpc) is 2.67. The number of aliphatic carboxylic acids is 2. The molecule has 13 nitrogen and oxygen atoms in total. The molecule has 0 aliphatic heterocycles. The minimum atomic E-state index is -1.44. The summed E-state index contributed by atoms with van der Waals surface area (Å²) in [6.07, 6.45) is -0.741. The molecule has 0 fully saturated rings. The number of rotatable bonds is 15. The Morgan fingerprint density at radius 1 is 0.933 bits per heavy atom. The first-order valence-electron chi connectivity index (χ1n) is 9.45. The number of hydrogen-bond donors (Lipinski definition) is 8. The van der Waals surface area contributed by atoms with Crippen LogP contribution in [0.3, 0.4) is 0 Å². The molecule has 3 amide bonds. The van der Waals surface area contributed by atoms with Gasteiger partial charge in [-0.2, -0.15) is 0 Å². The van der Waals surface area contributed by atoms with Crippen LogP contribution in [0.1, 0.15) is 39.0 Å². The summed E-state index contributed by atoms with van der Waals surface area (Å²) in [5.74, 6) is -4.91. The second-order valence-electron chi connectivity index (χ2n) is 6.72. The van der Waals surface area contributed by atoms with Gasteiger partial charge < -0.3 is 42.7 Å². The Morgan fingerprint density at radius 2 is 1.57 bits per heavy atom. The number of aliphatic hydroxyl groups excluding tert-OH is 1. The van der Waals surface area contributed by atoms with E-state index >= 15 is 0 Å². The predicted octanol–water partition coefficient (Wildman–Crippen LogP) is -3.14. The zero-order chi connectivity index (χ0) is 23.3. The van der Waals surface area contributed by atoms with E-state index in [9.17, 15) is 29.1 Å². The van der Waals surface area contributed by atoms with Gasteiger partial charge in [0, 0.05) is 6.42 Å². The molecular weight excluding hydrogens is 402 g/mol. The molecular formula is C17H31N5O8. The van der Waals surface area contributed by atoms with E-state index in [0.717, 1.165) is 0 Å². The number of unbranched alkanes of at least 4 members (excludes halogenated alkanes) is 1. The predicted molar refractivity (Wildman–Crippen MR) is 104 cm³/mol. The van der Waals surface area contributed by atoms with Crippen molar-refractivity contribution < 1.29 is 39.3 Å². The zero-order valence-electron chi connectivity index (χ0n) is 16.8. The monoisotopic (exact) mass is 433 g/mol. The fraction of sp³-hybridized carbons (Fsp3) is 0.706. The molecule has 0 radical (unpaired) electrons. The van der Waals surface area contributed by atoms with E-state index in [-0.39, 0.29) is 12.8 Å². The van der Waals surface area contributed by atoms with Crippen molar-refractivity contribution in [1.82, 2.24) is 16.0 Å². The minimum absolute atomic E-state index is 0.154. The van der Waals surface area contributed by atoms with Gasteiger partial charge in [0.15, 0.2) is 0 Å². The normalized spacial score (nSPS) is 14.7. The number of nitrogens with two attached hydrogens (primary N) is 2. The molecule has 0 saturated carbocycles. The van der Waals surface area contributed by atoms with Crippen LogP contribution in [0, 0.1) is 0 Å². The highest BCUT2D eigenvalue weighted by Crippen LogP contribution is 2.04. The fourth-order valence-electron chi connectivity index (χ4n) is 2.31. The van der Waals surface area contributed by atoms with Gasteiger partial charge in [-0.25, -0.2) is 4.79 Å². The summed E-state index contributed by atoms with van der Waals surface area (Å²) >= 11 is 0. The lowest BCUT2D eigenvalue weighted by atomic mass is 10.1.